The van der Waals surface area contributed by atoms with Gasteiger partial charge in [-0.1, -0.05) is 156 Å². The number of rotatable bonds is 8. The van der Waals surface area contributed by atoms with Crippen molar-refractivity contribution in [3.63, 3.8) is 0 Å². The maximum Gasteiger partial charge on any atom is 0.251 e. The van der Waals surface area contributed by atoms with Crippen molar-refractivity contribution in [2.75, 3.05) is 0 Å². The van der Waals surface area contributed by atoms with E-state index in [1.807, 2.05) is 30.3 Å². The molecule has 3 heterocycles. The van der Waals surface area contributed by atoms with Crippen LogP contribution in [0.2, 0.25) is 10.0 Å². The molecule has 5 aromatic carbocycles. The van der Waals surface area contributed by atoms with Crippen molar-refractivity contribution in [3.05, 3.63) is 128 Å². The van der Waals surface area contributed by atoms with Crippen LogP contribution in [0.4, 0.5) is 0 Å². The molecule has 3 N–H and O–H groups in total. The highest BCUT2D eigenvalue weighted by molar-refractivity contribution is 6.31. The SMILES string of the molecule is CC(C)(C)CC(C)(C)c1cc(-n2nc3cc(Cl)ccc3[n+]2[O-])c(O)c(C(C)(C)CC(C)(C)C)c1.CC(C)(C)CC(C)(C)c1ccc(O)c(-n2nc3cc(Cl)ccc3[n+]2[O-])c1.On1nnc2ccccc21. The average molecular weight is 995 g/mol. The van der Waals surface area contributed by atoms with E-state index >= 15 is 0 Å². The van der Waals surface area contributed by atoms with Crippen LogP contribution < -0.4 is 9.69 Å². The first-order valence-electron chi connectivity index (χ1n) is 23.4. The van der Waals surface area contributed by atoms with E-state index in [2.05, 4.69) is 130 Å². The van der Waals surface area contributed by atoms with Gasteiger partial charge in [-0.3, -0.25) is 0 Å². The molecular formula is C54H69Cl2N9O5. The Bertz CT molecular complexity index is 3170. The Hall–Kier alpha value is -6.12. The number of benzene rings is 5. The number of phenols is 2. The van der Waals surface area contributed by atoms with Crippen LogP contribution in [-0.4, -0.2) is 50.4 Å². The Morgan fingerprint density at radius 1 is 0.529 bits per heavy atom. The van der Waals surface area contributed by atoms with Gasteiger partial charge in [-0.25, -0.2) is 0 Å². The van der Waals surface area contributed by atoms with E-state index in [9.17, 15) is 20.6 Å². The molecule has 16 heteroatoms. The third-order valence-electron chi connectivity index (χ3n) is 12.1. The maximum atomic E-state index is 13.2. The van der Waals surface area contributed by atoms with Crippen molar-refractivity contribution in [1.29, 1.82) is 0 Å². The molecule has 374 valence electrons. The van der Waals surface area contributed by atoms with E-state index in [1.165, 1.54) is 9.59 Å². The van der Waals surface area contributed by atoms with Gasteiger partial charge in [-0.15, -0.1) is 14.8 Å². The second-order valence-electron chi connectivity index (χ2n) is 24.0. The molecule has 14 nitrogen and oxygen atoms in total. The van der Waals surface area contributed by atoms with Gasteiger partial charge in [0.05, 0.1) is 10.2 Å². The van der Waals surface area contributed by atoms with Gasteiger partial charge in [0.1, 0.15) is 16.8 Å². The Kier molecular flexibility index (Phi) is 14.6. The quantitative estimate of drug-likeness (QED) is 0.0758. The summed E-state index contributed by atoms with van der Waals surface area (Å²) in [4.78, 5) is 4.58. The zero-order valence-electron chi connectivity index (χ0n) is 43.2. The lowest BCUT2D eigenvalue weighted by atomic mass is 9.68. The first-order valence-corrected chi connectivity index (χ1v) is 24.2. The van der Waals surface area contributed by atoms with E-state index in [0.717, 1.165) is 45.6 Å². The number of para-hydroxylation sites is 1. The second-order valence-corrected chi connectivity index (χ2v) is 24.9. The minimum absolute atomic E-state index is 0.00353. The Morgan fingerprint density at radius 3 is 1.49 bits per heavy atom. The lowest BCUT2D eigenvalue weighted by molar-refractivity contribution is -0.664. The van der Waals surface area contributed by atoms with Crippen LogP contribution in [0.15, 0.2) is 91.0 Å². The van der Waals surface area contributed by atoms with Crippen molar-refractivity contribution < 1.29 is 25.1 Å². The third kappa shape index (κ3) is 12.2. The largest absolute Gasteiger partial charge is 0.692 e. The molecule has 0 bridgehead atoms. The molecule has 0 unspecified atom stereocenters. The van der Waals surface area contributed by atoms with Gasteiger partial charge in [0.25, 0.3) is 11.0 Å². The van der Waals surface area contributed by atoms with Crippen molar-refractivity contribution in [1.82, 2.24) is 34.9 Å². The molecule has 0 radical (unpaired) electrons. The Labute approximate surface area is 421 Å². The molecule has 0 aliphatic heterocycles. The molecule has 0 aliphatic rings. The predicted molar refractivity (Wildman–Crippen MR) is 279 cm³/mol. The molecule has 70 heavy (non-hydrogen) atoms. The molecule has 0 spiro atoms. The summed E-state index contributed by atoms with van der Waals surface area (Å²) in [6, 6.07) is 26.5. The number of hydrogen-bond donors (Lipinski definition) is 3. The zero-order chi connectivity index (χ0) is 52.1. The highest BCUT2D eigenvalue weighted by Gasteiger charge is 2.36. The van der Waals surface area contributed by atoms with E-state index in [-0.39, 0.29) is 44.0 Å². The first kappa shape index (κ1) is 53.2. The predicted octanol–water partition coefficient (Wildman–Crippen LogP) is 12.8. The minimum Gasteiger partial charge on any atom is -0.692 e. The summed E-state index contributed by atoms with van der Waals surface area (Å²) >= 11 is 12.1. The molecule has 0 saturated carbocycles. The molecule has 3 aromatic heterocycles. The summed E-state index contributed by atoms with van der Waals surface area (Å²) < 4.78 is 0. The topological polar surface area (TPSA) is 181 Å². The van der Waals surface area contributed by atoms with E-state index < -0.39 is 0 Å². The fourth-order valence-corrected chi connectivity index (χ4v) is 10.5. The molecule has 0 amide bonds. The number of nitrogens with zero attached hydrogens (tertiary/aromatic N) is 9. The monoisotopic (exact) mass is 993 g/mol. The maximum absolute atomic E-state index is 13.2. The van der Waals surface area contributed by atoms with Crippen LogP contribution in [0.3, 0.4) is 0 Å². The van der Waals surface area contributed by atoms with Crippen LogP contribution in [0.5, 0.6) is 11.5 Å². The fraction of sp³-hybridized carbons (Fsp3) is 0.444. The highest BCUT2D eigenvalue weighted by Crippen LogP contribution is 2.46. The number of aromatic nitrogens is 9. The van der Waals surface area contributed by atoms with Crippen molar-refractivity contribution in [2.45, 2.75) is 139 Å². The normalized spacial score (nSPS) is 12.8. The lowest BCUT2D eigenvalue weighted by Gasteiger charge is -2.37. The van der Waals surface area contributed by atoms with Crippen LogP contribution in [-0.2, 0) is 16.2 Å². The summed E-state index contributed by atoms with van der Waals surface area (Å²) in [7, 11) is 0. The highest BCUT2D eigenvalue weighted by atomic mass is 35.5. The van der Waals surface area contributed by atoms with Gasteiger partial charge in [-0.2, -0.15) is 0 Å². The average Bonchev–Trinajstić information content (AvgIpc) is 3.86. The molecule has 8 rings (SSSR count). The number of fused-ring (bicyclic) bond motifs is 3. The van der Waals surface area contributed by atoms with Crippen LogP contribution in [0.1, 0.15) is 140 Å². The van der Waals surface area contributed by atoms with Crippen LogP contribution in [0, 0.1) is 26.7 Å². The minimum atomic E-state index is -0.325. The van der Waals surface area contributed by atoms with Crippen LogP contribution in [0.25, 0.3) is 44.5 Å². The van der Waals surface area contributed by atoms with Crippen molar-refractivity contribution in [3.8, 4) is 22.9 Å². The molecule has 0 atom stereocenters. The molecule has 0 fully saturated rings. The van der Waals surface area contributed by atoms with Gasteiger partial charge in [0, 0.05) is 27.7 Å². The fourth-order valence-electron chi connectivity index (χ4n) is 10.2. The van der Waals surface area contributed by atoms with E-state index in [1.54, 1.807) is 54.6 Å². The van der Waals surface area contributed by atoms with Gasteiger partial charge in [0.15, 0.2) is 17.1 Å². The summed E-state index contributed by atoms with van der Waals surface area (Å²) in [5.41, 5.74) is 6.46. The zero-order valence-corrected chi connectivity index (χ0v) is 44.7. The summed E-state index contributed by atoms with van der Waals surface area (Å²) in [6.45, 7) is 33.0. The Morgan fingerprint density at radius 2 is 0.986 bits per heavy atom. The number of aromatic hydroxyl groups is 2. The summed E-state index contributed by atoms with van der Waals surface area (Å²) in [5, 5.41) is 73.7. The molecule has 0 saturated heterocycles. The van der Waals surface area contributed by atoms with Crippen LogP contribution >= 0.6 is 23.2 Å². The van der Waals surface area contributed by atoms with Gasteiger partial charge >= 0.3 is 0 Å². The van der Waals surface area contributed by atoms with E-state index in [0.29, 0.717) is 59.4 Å². The van der Waals surface area contributed by atoms with E-state index in [4.69, 9.17) is 28.4 Å². The molecular weight excluding hydrogens is 926 g/mol. The van der Waals surface area contributed by atoms with Crippen molar-refractivity contribution >= 4 is 56.3 Å². The van der Waals surface area contributed by atoms with Gasteiger partial charge in [-0.05, 0) is 132 Å². The van der Waals surface area contributed by atoms with Gasteiger partial charge in [0.2, 0.25) is 11.0 Å². The standard InChI is InChI=1S/C28H40ClN3O2.C20H24ClN3O2.C6H5N3O/c1-25(2,3)16-27(7,8)18-13-20(28(9,10)17-26(4,5)6)24(33)23(14-18)31-30-21-15-19(29)11-12-22(21)32(31)34;1-19(2,3)12-20(4,5)13-6-9-18(25)17(10-13)23-22-15-11-14(21)7-8-16(15)24(23)26;10-9-6-4-2-1-3-5(6)7-8-9/h11-15,33H,16-17H2,1-10H3;6-11,25H,12H2,1-5H3;1-4,10H. The Balaban J connectivity index is 0.000000195. The summed E-state index contributed by atoms with van der Waals surface area (Å²) in [6.07, 6.45) is 2.76. The smallest absolute Gasteiger partial charge is 0.251 e. The molecule has 0 aliphatic carbocycles. The third-order valence-corrected chi connectivity index (χ3v) is 12.5. The second kappa shape index (κ2) is 19.2. The number of hydrogen-bond acceptors (Lipinski definition) is 9. The lowest BCUT2D eigenvalue weighted by Crippen LogP contribution is -2.38. The number of halogens is 2. The number of phenolic OH excluding ortho intramolecular Hbond substituents is 2. The van der Waals surface area contributed by atoms with Crippen molar-refractivity contribution in [2.24, 2.45) is 16.2 Å². The van der Waals surface area contributed by atoms with Gasteiger partial charge < -0.3 is 25.8 Å². The molecule has 8 aromatic rings. The first-order chi connectivity index (χ1) is 32.2. The summed E-state index contributed by atoms with van der Waals surface area (Å²) in [5.74, 6) is 0.0943.